The van der Waals surface area contributed by atoms with Crippen LogP contribution in [0.2, 0.25) is 15.1 Å². The van der Waals surface area contributed by atoms with Crippen molar-refractivity contribution in [1.29, 1.82) is 0 Å². The normalized spacial score (nSPS) is 11.4. The third-order valence-electron chi connectivity index (χ3n) is 6.14. The predicted octanol–water partition coefficient (Wildman–Crippen LogP) is 5.77. The summed E-state index contributed by atoms with van der Waals surface area (Å²) in [6, 6.07) is 14.4. The molecule has 0 aliphatic heterocycles. The van der Waals surface area contributed by atoms with Gasteiger partial charge in [-0.15, -0.1) is 10.2 Å². The Balaban J connectivity index is 1.47. The van der Waals surface area contributed by atoms with Gasteiger partial charge in [0.05, 0.1) is 27.0 Å². The molecule has 0 unspecified atom stereocenters. The smallest absolute Gasteiger partial charge is 0.348 e. The van der Waals surface area contributed by atoms with E-state index in [-0.39, 0.29) is 51.6 Å². The molecule has 0 fully saturated rings. The summed E-state index contributed by atoms with van der Waals surface area (Å²) in [4.78, 5) is 31.9. The number of nitrogens with one attached hydrogen (secondary N) is 2. The van der Waals surface area contributed by atoms with Crippen LogP contribution in [-0.2, 0) is 19.3 Å². The van der Waals surface area contributed by atoms with E-state index < -0.39 is 23.8 Å². The molecule has 17 heteroatoms. The molecule has 2 amide bonds. The van der Waals surface area contributed by atoms with Gasteiger partial charge in [-0.3, -0.25) is 9.59 Å². The maximum atomic E-state index is 13.7. The van der Waals surface area contributed by atoms with Crippen molar-refractivity contribution >= 4 is 52.3 Å². The second-order valence-corrected chi connectivity index (χ2v) is 10.5. The Hall–Kier alpha value is -4.53. The number of carbonyl (C=O) groups excluding carboxylic acids is 2. The quantitative estimate of drug-likeness (QED) is 0.215. The number of hydrogen-bond acceptors (Lipinski definition) is 7. The monoisotopic (exact) mass is 663 g/mol. The molecule has 0 atom stereocenters. The van der Waals surface area contributed by atoms with E-state index in [0.717, 1.165) is 10.2 Å². The molecule has 0 aliphatic rings. The molecule has 0 spiro atoms. The van der Waals surface area contributed by atoms with E-state index in [1.807, 2.05) is 0 Å². The first-order valence-corrected chi connectivity index (χ1v) is 13.7. The lowest BCUT2D eigenvalue weighted by atomic mass is 10.1. The average molecular weight is 665 g/mol. The van der Waals surface area contributed by atoms with Crippen LogP contribution in [-0.4, -0.2) is 46.8 Å². The number of rotatable bonds is 8. The lowest BCUT2D eigenvalue weighted by molar-refractivity contribution is -0.145. The zero-order chi connectivity index (χ0) is 31.6. The highest BCUT2D eigenvalue weighted by atomic mass is 35.5. The molecular weight excluding hydrogens is 646 g/mol. The van der Waals surface area contributed by atoms with E-state index in [1.54, 1.807) is 43.3 Å². The molecule has 226 valence electrons. The van der Waals surface area contributed by atoms with Crippen molar-refractivity contribution in [2.75, 3.05) is 5.32 Å². The van der Waals surface area contributed by atoms with Crippen LogP contribution in [0, 0.1) is 6.92 Å². The highest BCUT2D eigenvalue weighted by Crippen LogP contribution is 2.30. The first-order chi connectivity index (χ1) is 20.9. The Morgan fingerprint density at radius 3 is 2.39 bits per heavy atom. The summed E-state index contributed by atoms with van der Waals surface area (Å²) in [6.07, 6.45) is -3.37. The number of carbonyl (C=O) groups is 2. The van der Waals surface area contributed by atoms with Crippen molar-refractivity contribution in [3.63, 3.8) is 0 Å². The van der Waals surface area contributed by atoms with Gasteiger partial charge in [-0.05, 0) is 59.7 Å². The van der Waals surface area contributed by atoms with E-state index >= 15 is 0 Å². The maximum Gasteiger partial charge on any atom is 0.455 e. The van der Waals surface area contributed by atoms with E-state index in [2.05, 4.69) is 36.1 Å². The van der Waals surface area contributed by atoms with E-state index in [4.69, 9.17) is 34.8 Å². The third-order valence-corrected chi connectivity index (χ3v) is 7.00. The van der Waals surface area contributed by atoms with Gasteiger partial charge in [0.2, 0.25) is 0 Å². The van der Waals surface area contributed by atoms with Gasteiger partial charge in [-0.1, -0.05) is 53.0 Å². The summed E-state index contributed by atoms with van der Waals surface area (Å²) in [7, 11) is 0. The number of alkyl halides is 3. The summed E-state index contributed by atoms with van der Waals surface area (Å²) < 4.78 is 40.0. The minimum absolute atomic E-state index is 0.0163. The van der Waals surface area contributed by atoms with Gasteiger partial charge in [0.1, 0.15) is 12.2 Å². The molecule has 3 aromatic heterocycles. The van der Waals surface area contributed by atoms with Crippen LogP contribution in [0.15, 0.2) is 60.8 Å². The van der Waals surface area contributed by atoms with Crippen LogP contribution in [0.25, 0.3) is 5.82 Å². The van der Waals surface area contributed by atoms with Crippen LogP contribution in [0.3, 0.4) is 0 Å². The molecule has 0 aliphatic carbocycles. The summed E-state index contributed by atoms with van der Waals surface area (Å²) in [5, 5.41) is 20.3. The zero-order valence-electron chi connectivity index (χ0n) is 22.4. The molecular formula is C27H19Cl3F3N9O2. The highest BCUT2D eigenvalue weighted by Gasteiger charge is 2.37. The number of nitrogens with zero attached hydrogens (tertiary/aromatic N) is 7. The van der Waals surface area contributed by atoms with Gasteiger partial charge in [-0.25, -0.2) is 9.67 Å². The number of tetrazole rings is 1. The summed E-state index contributed by atoms with van der Waals surface area (Å²) in [5.41, 5.74) is 1.43. The topological polar surface area (TPSA) is 133 Å². The Bertz CT molecular complexity index is 1860. The average Bonchev–Trinajstić information content (AvgIpc) is 3.63. The van der Waals surface area contributed by atoms with E-state index in [0.29, 0.717) is 15.4 Å². The molecule has 0 saturated carbocycles. The van der Waals surface area contributed by atoms with Gasteiger partial charge in [-0.2, -0.15) is 23.1 Å². The second-order valence-electron chi connectivity index (χ2n) is 9.26. The number of anilines is 1. The minimum atomic E-state index is -4.79. The minimum Gasteiger partial charge on any atom is -0.348 e. The van der Waals surface area contributed by atoms with Crippen molar-refractivity contribution in [2.45, 2.75) is 26.2 Å². The summed E-state index contributed by atoms with van der Waals surface area (Å²) >= 11 is 18.7. The van der Waals surface area contributed by atoms with Crippen LogP contribution in [0.1, 0.15) is 43.5 Å². The SMILES string of the molecule is Cc1ccc(Cl)c(C(=O)NCc2ccc(Cl)cc2)c1NC(=O)c1cc(Cn2nnc(C(F)(F)F)n2)nn1-c1ncccc1Cl. The van der Waals surface area contributed by atoms with Crippen LogP contribution >= 0.6 is 34.8 Å². The van der Waals surface area contributed by atoms with Crippen molar-refractivity contribution in [1.82, 2.24) is 40.3 Å². The fraction of sp³-hybridized carbons (Fsp3) is 0.148. The Kier molecular flexibility index (Phi) is 8.85. The fourth-order valence-electron chi connectivity index (χ4n) is 4.05. The number of hydrogen-bond donors (Lipinski definition) is 2. The maximum absolute atomic E-state index is 13.7. The van der Waals surface area contributed by atoms with E-state index in [9.17, 15) is 22.8 Å². The molecule has 2 aromatic carbocycles. The number of benzene rings is 2. The number of aryl methyl sites for hydroxylation is 1. The number of halogens is 6. The number of pyridine rings is 1. The Labute approximate surface area is 261 Å². The van der Waals surface area contributed by atoms with Crippen molar-refractivity contribution in [2.24, 2.45) is 0 Å². The van der Waals surface area contributed by atoms with Crippen LogP contribution in [0.4, 0.5) is 18.9 Å². The van der Waals surface area contributed by atoms with Gasteiger partial charge in [0.25, 0.3) is 17.6 Å². The standard InChI is InChI=1S/C27H19Cl3F3N9O2/c1-14-4-9-18(29)21(25(44)35-12-15-5-7-16(28)8-6-15)22(14)36-24(43)20-11-17(13-41-39-26(37-40-41)27(31,32)33)38-42(20)23-19(30)3-2-10-34-23/h2-11H,12-13H2,1H3,(H,35,44)(H,36,43). The van der Waals surface area contributed by atoms with Gasteiger partial charge in [0, 0.05) is 17.8 Å². The Morgan fingerprint density at radius 1 is 0.955 bits per heavy atom. The van der Waals surface area contributed by atoms with Crippen molar-refractivity contribution in [3.8, 4) is 5.82 Å². The summed E-state index contributed by atoms with van der Waals surface area (Å²) in [5.74, 6) is -2.66. The highest BCUT2D eigenvalue weighted by molar-refractivity contribution is 6.35. The first-order valence-electron chi connectivity index (χ1n) is 12.6. The van der Waals surface area contributed by atoms with Gasteiger partial charge in [0.15, 0.2) is 5.82 Å². The zero-order valence-corrected chi connectivity index (χ0v) is 24.7. The molecule has 11 nitrogen and oxygen atoms in total. The molecule has 0 saturated heterocycles. The molecule has 3 heterocycles. The first kappa shape index (κ1) is 30.9. The number of aromatic nitrogens is 7. The molecule has 5 rings (SSSR count). The van der Waals surface area contributed by atoms with Crippen LogP contribution < -0.4 is 10.6 Å². The van der Waals surface area contributed by atoms with Crippen molar-refractivity contribution in [3.05, 3.63) is 110 Å². The van der Waals surface area contributed by atoms with Crippen LogP contribution in [0.5, 0.6) is 0 Å². The van der Waals surface area contributed by atoms with Crippen molar-refractivity contribution < 1.29 is 22.8 Å². The molecule has 0 radical (unpaired) electrons. The Morgan fingerprint density at radius 2 is 1.70 bits per heavy atom. The molecule has 2 N–H and O–H groups in total. The van der Waals surface area contributed by atoms with Gasteiger partial charge >= 0.3 is 6.18 Å². The molecule has 44 heavy (non-hydrogen) atoms. The summed E-state index contributed by atoms with van der Waals surface area (Å²) in [6.45, 7) is 1.47. The fourth-order valence-corrected chi connectivity index (χ4v) is 4.62. The van der Waals surface area contributed by atoms with E-state index in [1.165, 1.54) is 24.4 Å². The lowest BCUT2D eigenvalue weighted by Crippen LogP contribution is -2.26. The molecule has 5 aromatic rings. The predicted molar refractivity (Wildman–Crippen MR) is 155 cm³/mol. The third kappa shape index (κ3) is 6.82. The number of amides is 2. The second kappa shape index (κ2) is 12.6. The largest absolute Gasteiger partial charge is 0.455 e. The molecule has 0 bridgehead atoms. The lowest BCUT2D eigenvalue weighted by Gasteiger charge is -2.16. The van der Waals surface area contributed by atoms with Gasteiger partial charge < -0.3 is 10.6 Å².